The molecule has 0 aromatic heterocycles. The van der Waals surface area contributed by atoms with Crippen LogP contribution in [0.4, 0.5) is 0 Å². The van der Waals surface area contributed by atoms with E-state index in [1.807, 2.05) is 12.2 Å². The topological polar surface area (TPSA) is 76.1 Å². The molecule has 0 spiro atoms. The first-order valence-electron chi connectivity index (χ1n) is 8.23. The number of ether oxygens (including phenoxy) is 2. The summed E-state index contributed by atoms with van der Waals surface area (Å²) < 4.78 is 11.0. The van der Waals surface area contributed by atoms with Crippen LogP contribution in [0.3, 0.4) is 0 Å². The van der Waals surface area contributed by atoms with E-state index in [1.54, 1.807) is 18.7 Å². The molecule has 0 aromatic carbocycles. The summed E-state index contributed by atoms with van der Waals surface area (Å²) in [5.41, 5.74) is 1.12. The van der Waals surface area contributed by atoms with Gasteiger partial charge in [0.2, 0.25) is 0 Å². The van der Waals surface area contributed by atoms with Crippen molar-refractivity contribution in [2.75, 3.05) is 6.54 Å². The fourth-order valence-electron chi connectivity index (χ4n) is 3.65. The van der Waals surface area contributed by atoms with Gasteiger partial charge in [0.15, 0.2) is 18.0 Å². The lowest BCUT2D eigenvalue weighted by atomic mass is 9.95. The molecule has 1 unspecified atom stereocenters. The Morgan fingerprint density at radius 3 is 2.71 bits per heavy atom. The minimum absolute atomic E-state index is 0.0401. The van der Waals surface area contributed by atoms with Crippen molar-refractivity contribution in [1.82, 2.24) is 4.90 Å². The third kappa shape index (κ3) is 3.36. The number of likely N-dealkylation sites (tertiary alicyclic amines) is 1. The highest BCUT2D eigenvalue weighted by Crippen LogP contribution is 2.35. The van der Waals surface area contributed by atoms with Gasteiger partial charge in [-0.2, -0.15) is 0 Å². The highest BCUT2D eigenvalue weighted by molar-refractivity contribution is 6.31. The number of nitrogens with zero attached hydrogens (tertiary/aromatic N) is 1. The minimum atomic E-state index is -1.28. The molecule has 0 bridgehead atoms. The van der Waals surface area contributed by atoms with E-state index >= 15 is 0 Å². The second-order valence-corrected chi connectivity index (χ2v) is 7.29. The number of carboxylic acid groups (broad SMARTS) is 1. The number of hydrogen-bond acceptors (Lipinski definition) is 4. The third-order valence-corrected chi connectivity index (χ3v) is 4.91. The molecule has 3 rings (SSSR count). The summed E-state index contributed by atoms with van der Waals surface area (Å²) in [5, 5.41) is 10.0. The molecule has 6 nitrogen and oxygen atoms in total. The summed E-state index contributed by atoms with van der Waals surface area (Å²) in [6, 6.07) is -0.0401. The van der Waals surface area contributed by atoms with Crippen LogP contribution in [0.1, 0.15) is 39.5 Å². The summed E-state index contributed by atoms with van der Waals surface area (Å²) in [6.07, 6.45) is 4.94. The van der Waals surface area contributed by atoms with Crippen LogP contribution in [0.5, 0.6) is 0 Å². The van der Waals surface area contributed by atoms with E-state index < -0.39 is 24.0 Å². The van der Waals surface area contributed by atoms with E-state index in [1.165, 1.54) is 0 Å². The highest BCUT2D eigenvalue weighted by atomic mass is 35.5. The molecule has 2 heterocycles. The first kappa shape index (κ1) is 17.5. The minimum Gasteiger partial charge on any atom is -0.479 e. The second kappa shape index (κ2) is 6.50. The van der Waals surface area contributed by atoms with Gasteiger partial charge in [-0.05, 0) is 51.2 Å². The van der Waals surface area contributed by atoms with Gasteiger partial charge in [0, 0.05) is 11.6 Å². The molecular weight excluding hydrogens is 334 g/mol. The number of rotatable bonds is 3. The van der Waals surface area contributed by atoms with Crippen LogP contribution in [0.15, 0.2) is 22.8 Å². The SMILES string of the molecule is CC1(C)O[C@@H](C(=O)O)[C@H](C(=O)N2CCCC2C2=CC(Cl)=CCC2)O1. The standard InChI is InChI=1S/C17H22ClNO5/c1-17(2)23-13(14(24-17)16(21)22)15(20)19-8-4-7-12(19)10-5-3-6-11(18)9-10/h6,9,12-14H,3-5,7-8H2,1-2H3,(H,21,22)/t12?,13-,14-/m1/s1. The van der Waals surface area contributed by atoms with Crippen molar-refractivity contribution < 1.29 is 24.2 Å². The van der Waals surface area contributed by atoms with Crippen LogP contribution in [0.25, 0.3) is 0 Å². The van der Waals surface area contributed by atoms with Crippen LogP contribution < -0.4 is 0 Å². The molecule has 2 saturated heterocycles. The monoisotopic (exact) mass is 355 g/mol. The maximum Gasteiger partial charge on any atom is 0.336 e. The number of carbonyl (C=O) groups is 2. The molecule has 1 N–H and O–H groups in total. The van der Waals surface area contributed by atoms with Crippen LogP contribution in [0, 0.1) is 0 Å². The number of allylic oxidation sites excluding steroid dienone is 3. The van der Waals surface area contributed by atoms with Gasteiger partial charge in [0.1, 0.15) is 0 Å². The van der Waals surface area contributed by atoms with Crippen molar-refractivity contribution in [3.05, 3.63) is 22.8 Å². The van der Waals surface area contributed by atoms with Crippen LogP contribution >= 0.6 is 11.6 Å². The quantitative estimate of drug-likeness (QED) is 0.841. The number of carboxylic acids is 1. The average molecular weight is 356 g/mol. The fraction of sp³-hybridized carbons (Fsp3) is 0.647. The van der Waals surface area contributed by atoms with E-state index in [2.05, 4.69) is 0 Å². The van der Waals surface area contributed by atoms with Gasteiger partial charge in [0.25, 0.3) is 5.91 Å². The Labute approximate surface area is 146 Å². The van der Waals surface area contributed by atoms with E-state index in [0.717, 1.165) is 31.3 Å². The Morgan fingerprint density at radius 1 is 1.33 bits per heavy atom. The summed E-state index contributed by atoms with van der Waals surface area (Å²) in [5.74, 6) is -2.59. The number of hydrogen-bond donors (Lipinski definition) is 1. The Morgan fingerprint density at radius 2 is 2.04 bits per heavy atom. The molecule has 2 fully saturated rings. The smallest absolute Gasteiger partial charge is 0.336 e. The molecule has 24 heavy (non-hydrogen) atoms. The Hall–Kier alpha value is -1.37. The lowest BCUT2D eigenvalue weighted by Crippen LogP contribution is -2.48. The van der Waals surface area contributed by atoms with Crippen LogP contribution in [-0.4, -0.2) is 52.5 Å². The van der Waals surface area contributed by atoms with Crippen molar-refractivity contribution in [3.63, 3.8) is 0 Å². The molecule has 3 atom stereocenters. The Bertz CT molecular complexity index is 612. The number of aliphatic carboxylic acids is 1. The lowest BCUT2D eigenvalue weighted by molar-refractivity contribution is -0.167. The van der Waals surface area contributed by atoms with Gasteiger partial charge in [-0.25, -0.2) is 4.79 Å². The highest BCUT2D eigenvalue weighted by Gasteiger charge is 2.51. The molecule has 7 heteroatoms. The van der Waals surface area contributed by atoms with Gasteiger partial charge in [-0.15, -0.1) is 0 Å². The maximum absolute atomic E-state index is 13.0. The van der Waals surface area contributed by atoms with Crippen LogP contribution in [-0.2, 0) is 19.1 Å². The molecule has 0 aromatic rings. The first-order chi connectivity index (χ1) is 11.3. The van der Waals surface area contributed by atoms with Gasteiger partial charge >= 0.3 is 5.97 Å². The zero-order chi connectivity index (χ0) is 17.5. The van der Waals surface area contributed by atoms with E-state index in [-0.39, 0.29) is 11.9 Å². The third-order valence-electron chi connectivity index (χ3n) is 4.64. The zero-order valence-electron chi connectivity index (χ0n) is 13.8. The molecular formula is C17H22ClNO5. The second-order valence-electron chi connectivity index (χ2n) is 6.85. The molecule has 0 saturated carbocycles. The first-order valence-corrected chi connectivity index (χ1v) is 8.61. The predicted octanol–water partition coefficient (Wildman–Crippen LogP) is 2.43. The van der Waals surface area contributed by atoms with Crippen molar-refractivity contribution in [3.8, 4) is 0 Å². The molecule has 1 aliphatic carbocycles. The van der Waals surface area contributed by atoms with Crippen molar-refractivity contribution in [2.45, 2.75) is 63.6 Å². The van der Waals surface area contributed by atoms with E-state index in [4.69, 9.17) is 21.1 Å². The van der Waals surface area contributed by atoms with E-state index in [0.29, 0.717) is 11.6 Å². The van der Waals surface area contributed by atoms with Crippen LogP contribution in [0.2, 0.25) is 0 Å². The largest absolute Gasteiger partial charge is 0.479 e. The van der Waals surface area contributed by atoms with Gasteiger partial charge in [-0.1, -0.05) is 17.7 Å². The summed E-state index contributed by atoms with van der Waals surface area (Å²) in [7, 11) is 0. The number of amides is 1. The Balaban J connectivity index is 1.81. The molecule has 0 radical (unpaired) electrons. The summed E-state index contributed by atoms with van der Waals surface area (Å²) >= 11 is 6.11. The number of halogens is 1. The molecule has 2 aliphatic heterocycles. The van der Waals surface area contributed by atoms with E-state index in [9.17, 15) is 14.7 Å². The predicted molar refractivity (Wildman–Crippen MR) is 87.4 cm³/mol. The van der Waals surface area contributed by atoms with Gasteiger partial charge in [0.05, 0.1) is 6.04 Å². The maximum atomic E-state index is 13.0. The number of carbonyl (C=O) groups excluding carboxylic acids is 1. The van der Waals surface area contributed by atoms with Gasteiger partial charge in [-0.3, -0.25) is 4.79 Å². The Kier molecular flexibility index (Phi) is 4.73. The average Bonchev–Trinajstić information content (AvgIpc) is 3.10. The van der Waals surface area contributed by atoms with Crippen molar-refractivity contribution >= 4 is 23.5 Å². The molecule has 3 aliphatic rings. The summed E-state index contributed by atoms with van der Waals surface area (Å²) in [4.78, 5) is 26.1. The fourth-order valence-corrected chi connectivity index (χ4v) is 3.90. The summed E-state index contributed by atoms with van der Waals surface area (Å²) in [6.45, 7) is 3.83. The normalized spacial score (nSPS) is 32.5. The van der Waals surface area contributed by atoms with Crippen molar-refractivity contribution in [2.24, 2.45) is 0 Å². The van der Waals surface area contributed by atoms with Crippen molar-refractivity contribution in [1.29, 1.82) is 0 Å². The zero-order valence-corrected chi connectivity index (χ0v) is 14.6. The molecule has 132 valence electrons. The molecule has 1 amide bonds. The van der Waals surface area contributed by atoms with Gasteiger partial charge < -0.3 is 19.5 Å². The lowest BCUT2D eigenvalue weighted by Gasteiger charge is -2.30.